The summed E-state index contributed by atoms with van der Waals surface area (Å²) in [7, 11) is 0. The van der Waals surface area contributed by atoms with Crippen molar-refractivity contribution in [2.24, 2.45) is 11.8 Å². The van der Waals surface area contributed by atoms with Gasteiger partial charge in [-0.2, -0.15) is 11.8 Å². The Bertz CT molecular complexity index is 170. The summed E-state index contributed by atoms with van der Waals surface area (Å²) >= 11 is 2.01. The molecule has 0 heterocycles. The van der Waals surface area contributed by atoms with Crippen LogP contribution in [-0.2, 0) is 0 Å². The number of hydrogen-bond donors (Lipinski definition) is 1. The van der Waals surface area contributed by atoms with E-state index in [0.29, 0.717) is 6.04 Å². The fraction of sp³-hybridized carbons (Fsp3) is 1.00. The Hall–Kier alpha value is 0.310. The highest BCUT2D eigenvalue weighted by Gasteiger charge is 2.23. The van der Waals surface area contributed by atoms with Crippen molar-refractivity contribution in [3.8, 4) is 0 Å². The van der Waals surface area contributed by atoms with E-state index in [4.69, 9.17) is 0 Å². The Morgan fingerprint density at radius 1 is 1.12 bits per heavy atom. The Kier molecular flexibility index (Phi) is 7.55. The number of rotatable bonds is 6. The van der Waals surface area contributed by atoms with Crippen molar-refractivity contribution in [1.29, 1.82) is 0 Å². The molecule has 0 aromatic rings. The van der Waals surface area contributed by atoms with E-state index in [0.717, 1.165) is 11.8 Å². The molecule has 0 aromatic heterocycles. The second-order valence-corrected chi connectivity index (χ2v) is 6.49. The fourth-order valence-corrected chi connectivity index (χ4v) is 3.30. The molecule has 1 fully saturated rings. The lowest BCUT2D eigenvalue weighted by Crippen LogP contribution is -2.32. The van der Waals surface area contributed by atoms with Crippen LogP contribution in [0.25, 0.3) is 0 Å². The summed E-state index contributed by atoms with van der Waals surface area (Å²) in [6, 6.07) is 0.643. The summed E-state index contributed by atoms with van der Waals surface area (Å²) in [4.78, 5) is 0. The number of nitrogens with one attached hydrogen (secondary N) is 1. The minimum Gasteiger partial charge on any atom is -0.314 e. The zero-order chi connectivity index (χ0) is 11.8. The standard InChI is InChI=1S/C14H29NS/c1-12(2)15-11-14-8-6-4-5-7-13(14)9-10-16-3/h12-15H,4-11H2,1-3H3. The van der Waals surface area contributed by atoms with Crippen LogP contribution in [0.1, 0.15) is 52.4 Å². The summed E-state index contributed by atoms with van der Waals surface area (Å²) in [6.45, 7) is 5.76. The molecule has 96 valence electrons. The average molecular weight is 243 g/mol. The van der Waals surface area contributed by atoms with E-state index < -0.39 is 0 Å². The maximum atomic E-state index is 3.64. The Morgan fingerprint density at radius 3 is 2.44 bits per heavy atom. The molecule has 2 unspecified atom stereocenters. The van der Waals surface area contributed by atoms with Crippen LogP contribution in [0.5, 0.6) is 0 Å². The zero-order valence-corrected chi connectivity index (χ0v) is 12.1. The normalized spacial score (nSPS) is 27.0. The topological polar surface area (TPSA) is 12.0 Å². The molecule has 0 amide bonds. The maximum Gasteiger partial charge on any atom is 0.00104 e. The first-order valence-corrected chi connectivity index (χ1v) is 8.35. The molecule has 2 atom stereocenters. The molecule has 1 N–H and O–H groups in total. The van der Waals surface area contributed by atoms with E-state index in [1.54, 1.807) is 0 Å². The molecule has 0 spiro atoms. The number of thioether (sulfide) groups is 1. The first-order valence-electron chi connectivity index (χ1n) is 6.96. The van der Waals surface area contributed by atoms with Crippen molar-refractivity contribution in [1.82, 2.24) is 5.32 Å². The lowest BCUT2D eigenvalue weighted by molar-refractivity contribution is 0.287. The van der Waals surface area contributed by atoms with Crippen LogP contribution in [0.15, 0.2) is 0 Å². The van der Waals surface area contributed by atoms with Gasteiger partial charge < -0.3 is 5.32 Å². The molecule has 2 heteroatoms. The first-order chi connectivity index (χ1) is 7.74. The number of hydrogen-bond acceptors (Lipinski definition) is 2. The lowest BCUT2D eigenvalue weighted by Gasteiger charge is -2.26. The zero-order valence-electron chi connectivity index (χ0n) is 11.3. The van der Waals surface area contributed by atoms with Crippen molar-refractivity contribution in [3.63, 3.8) is 0 Å². The van der Waals surface area contributed by atoms with Gasteiger partial charge in [-0.1, -0.05) is 39.5 Å². The van der Waals surface area contributed by atoms with E-state index >= 15 is 0 Å². The van der Waals surface area contributed by atoms with E-state index in [2.05, 4.69) is 25.4 Å². The molecule has 1 rings (SSSR count). The summed E-state index contributed by atoms with van der Waals surface area (Å²) in [5.41, 5.74) is 0. The third kappa shape index (κ3) is 5.58. The molecule has 0 bridgehead atoms. The second kappa shape index (κ2) is 8.41. The van der Waals surface area contributed by atoms with Gasteiger partial charge in [0.25, 0.3) is 0 Å². The van der Waals surface area contributed by atoms with E-state index in [1.165, 1.54) is 50.8 Å². The molecule has 1 aliphatic carbocycles. The largest absolute Gasteiger partial charge is 0.314 e. The smallest absolute Gasteiger partial charge is 0.00104 e. The van der Waals surface area contributed by atoms with Gasteiger partial charge in [-0.25, -0.2) is 0 Å². The summed E-state index contributed by atoms with van der Waals surface area (Å²) in [5.74, 6) is 3.28. The van der Waals surface area contributed by atoms with Gasteiger partial charge in [0.2, 0.25) is 0 Å². The van der Waals surface area contributed by atoms with Crippen LogP contribution < -0.4 is 5.32 Å². The van der Waals surface area contributed by atoms with Gasteiger partial charge in [0, 0.05) is 6.04 Å². The first kappa shape index (κ1) is 14.4. The molecule has 1 saturated carbocycles. The van der Waals surface area contributed by atoms with Gasteiger partial charge in [-0.15, -0.1) is 0 Å². The van der Waals surface area contributed by atoms with Crippen LogP contribution in [0, 0.1) is 11.8 Å². The van der Waals surface area contributed by atoms with Gasteiger partial charge in [-0.3, -0.25) is 0 Å². The Balaban J connectivity index is 2.38. The van der Waals surface area contributed by atoms with Gasteiger partial charge in [-0.05, 0) is 43.2 Å². The molecular weight excluding hydrogens is 214 g/mol. The third-order valence-corrected chi connectivity index (χ3v) is 4.44. The molecule has 0 aliphatic heterocycles. The Morgan fingerprint density at radius 2 is 1.81 bits per heavy atom. The summed E-state index contributed by atoms with van der Waals surface area (Å²) < 4.78 is 0. The van der Waals surface area contributed by atoms with Gasteiger partial charge >= 0.3 is 0 Å². The van der Waals surface area contributed by atoms with Crippen molar-refractivity contribution >= 4 is 11.8 Å². The molecule has 1 nitrogen and oxygen atoms in total. The third-order valence-electron chi connectivity index (χ3n) is 3.80. The maximum absolute atomic E-state index is 3.64. The minimum absolute atomic E-state index is 0.643. The van der Waals surface area contributed by atoms with Gasteiger partial charge in [0.05, 0.1) is 0 Å². The quantitative estimate of drug-likeness (QED) is 0.709. The molecule has 0 saturated heterocycles. The predicted octanol–water partition coefficient (Wildman–Crippen LogP) is 3.93. The minimum atomic E-state index is 0.643. The van der Waals surface area contributed by atoms with Crippen molar-refractivity contribution in [2.45, 2.75) is 58.4 Å². The van der Waals surface area contributed by atoms with Gasteiger partial charge in [0.1, 0.15) is 0 Å². The lowest BCUT2D eigenvalue weighted by atomic mass is 9.86. The molecule has 0 radical (unpaired) electrons. The summed E-state index contributed by atoms with van der Waals surface area (Å²) in [6.07, 6.45) is 11.0. The highest BCUT2D eigenvalue weighted by Crippen LogP contribution is 2.31. The highest BCUT2D eigenvalue weighted by molar-refractivity contribution is 7.98. The molecule has 0 aromatic carbocycles. The van der Waals surface area contributed by atoms with Crippen molar-refractivity contribution < 1.29 is 0 Å². The van der Waals surface area contributed by atoms with E-state index in [9.17, 15) is 0 Å². The van der Waals surface area contributed by atoms with Crippen molar-refractivity contribution in [3.05, 3.63) is 0 Å². The predicted molar refractivity (Wildman–Crippen MR) is 76.2 cm³/mol. The van der Waals surface area contributed by atoms with Crippen LogP contribution in [0.2, 0.25) is 0 Å². The average Bonchev–Trinajstić information content (AvgIpc) is 2.48. The van der Waals surface area contributed by atoms with Gasteiger partial charge in [0.15, 0.2) is 0 Å². The monoisotopic (exact) mass is 243 g/mol. The van der Waals surface area contributed by atoms with Crippen LogP contribution in [0.3, 0.4) is 0 Å². The Labute approximate surface area is 106 Å². The molecule has 1 aliphatic rings. The van der Waals surface area contributed by atoms with Crippen LogP contribution >= 0.6 is 11.8 Å². The van der Waals surface area contributed by atoms with Crippen LogP contribution in [0.4, 0.5) is 0 Å². The van der Waals surface area contributed by atoms with Crippen molar-refractivity contribution in [2.75, 3.05) is 18.6 Å². The summed E-state index contributed by atoms with van der Waals surface area (Å²) in [5, 5.41) is 3.64. The highest BCUT2D eigenvalue weighted by atomic mass is 32.2. The van der Waals surface area contributed by atoms with Crippen LogP contribution in [-0.4, -0.2) is 24.6 Å². The fourth-order valence-electron chi connectivity index (χ4n) is 2.77. The molecular formula is C14H29NS. The molecule has 16 heavy (non-hydrogen) atoms. The van der Waals surface area contributed by atoms with E-state index in [1.807, 2.05) is 11.8 Å². The SMILES string of the molecule is CSCCC1CCCCCC1CNC(C)C. The second-order valence-electron chi connectivity index (χ2n) is 5.50. The van der Waals surface area contributed by atoms with E-state index in [-0.39, 0.29) is 0 Å².